The van der Waals surface area contributed by atoms with Crippen LogP contribution in [0.2, 0.25) is 0 Å². The van der Waals surface area contributed by atoms with Crippen molar-refractivity contribution in [1.29, 1.82) is 0 Å². The summed E-state index contributed by atoms with van der Waals surface area (Å²) in [6, 6.07) is -5.56. The molecule has 15 heteroatoms. The van der Waals surface area contributed by atoms with E-state index < -0.39 is 91.4 Å². The van der Waals surface area contributed by atoms with Crippen LogP contribution in [0.4, 0.5) is 0 Å². The average Bonchev–Trinajstić information content (AvgIpc) is 2.70. The van der Waals surface area contributed by atoms with Crippen LogP contribution in [0.3, 0.4) is 0 Å². The van der Waals surface area contributed by atoms with Gasteiger partial charge in [-0.3, -0.25) is 28.8 Å². The first-order chi connectivity index (χ1) is 15.2. The van der Waals surface area contributed by atoms with Crippen molar-refractivity contribution in [3.63, 3.8) is 0 Å². The lowest BCUT2D eigenvalue weighted by Gasteiger charge is -2.23. The Morgan fingerprint density at radius 2 is 1.06 bits per heavy atom. The number of carbonyl (C=O) groups is 7. The normalized spacial score (nSPS) is 14.1. The maximum Gasteiger partial charge on any atom is 0.326 e. The van der Waals surface area contributed by atoms with Crippen LogP contribution in [-0.4, -0.2) is 86.2 Å². The quantitative estimate of drug-likeness (QED) is 0.115. The van der Waals surface area contributed by atoms with E-state index in [1.807, 2.05) is 0 Å². The van der Waals surface area contributed by atoms with Crippen molar-refractivity contribution in [1.82, 2.24) is 16.0 Å². The van der Waals surface area contributed by atoms with Gasteiger partial charge in [-0.05, 0) is 26.2 Å². The lowest BCUT2D eigenvalue weighted by molar-refractivity contribution is -0.143. The van der Waals surface area contributed by atoms with Gasteiger partial charge in [-0.2, -0.15) is 0 Å². The van der Waals surface area contributed by atoms with Crippen molar-refractivity contribution in [2.45, 2.75) is 69.6 Å². The van der Waals surface area contributed by atoms with Crippen LogP contribution in [0, 0.1) is 0 Å². The summed E-state index contributed by atoms with van der Waals surface area (Å²) < 4.78 is 0. The average molecular weight is 476 g/mol. The molecule has 0 bridgehead atoms. The van der Waals surface area contributed by atoms with Gasteiger partial charge in [0.05, 0.1) is 6.04 Å². The fourth-order valence-electron chi connectivity index (χ4n) is 2.43. The highest BCUT2D eigenvalue weighted by molar-refractivity contribution is 5.94. The summed E-state index contributed by atoms with van der Waals surface area (Å²) in [5.41, 5.74) is 5.57. The molecular weight excluding hydrogens is 448 g/mol. The van der Waals surface area contributed by atoms with Gasteiger partial charge in [0.15, 0.2) is 0 Å². The summed E-state index contributed by atoms with van der Waals surface area (Å²) in [5, 5.41) is 41.7. The number of nitrogens with one attached hydrogen (secondary N) is 3. The number of carboxylic acids is 4. The predicted molar refractivity (Wildman–Crippen MR) is 108 cm³/mol. The Morgan fingerprint density at radius 3 is 1.52 bits per heavy atom. The van der Waals surface area contributed by atoms with Gasteiger partial charge < -0.3 is 42.1 Å². The largest absolute Gasteiger partial charge is 0.481 e. The molecule has 0 unspecified atom stereocenters. The van der Waals surface area contributed by atoms with Crippen molar-refractivity contribution >= 4 is 41.6 Å². The van der Waals surface area contributed by atoms with Crippen LogP contribution in [-0.2, 0) is 33.6 Å². The number of carboxylic acid groups (broad SMARTS) is 4. The Kier molecular flexibility index (Phi) is 12.7. The zero-order valence-corrected chi connectivity index (χ0v) is 17.8. The zero-order valence-electron chi connectivity index (χ0n) is 17.8. The first-order valence-electron chi connectivity index (χ1n) is 9.79. The van der Waals surface area contributed by atoms with Gasteiger partial charge in [-0.15, -0.1) is 0 Å². The minimum Gasteiger partial charge on any atom is -0.481 e. The van der Waals surface area contributed by atoms with E-state index >= 15 is 0 Å². The van der Waals surface area contributed by atoms with Crippen molar-refractivity contribution in [2.24, 2.45) is 5.73 Å². The molecule has 0 saturated heterocycles. The van der Waals surface area contributed by atoms with Gasteiger partial charge in [0.25, 0.3) is 0 Å². The van der Waals surface area contributed by atoms with E-state index in [1.54, 1.807) is 0 Å². The molecule has 0 aromatic carbocycles. The van der Waals surface area contributed by atoms with Crippen LogP contribution in [0.5, 0.6) is 0 Å². The third kappa shape index (κ3) is 12.6. The maximum atomic E-state index is 12.5. The molecule has 0 heterocycles. The second-order valence-corrected chi connectivity index (χ2v) is 7.09. The molecule has 0 aromatic rings. The molecule has 0 aromatic heterocycles. The van der Waals surface area contributed by atoms with Crippen molar-refractivity contribution < 1.29 is 54.0 Å². The Labute approximate surface area is 187 Å². The summed E-state index contributed by atoms with van der Waals surface area (Å²) in [6.07, 6.45) is -2.47. The number of nitrogens with two attached hydrogens (primary N) is 1. The van der Waals surface area contributed by atoms with E-state index in [4.69, 9.17) is 26.2 Å². The van der Waals surface area contributed by atoms with Gasteiger partial charge in [0.1, 0.15) is 18.1 Å². The molecule has 9 N–H and O–H groups in total. The number of aliphatic carboxylic acids is 4. The van der Waals surface area contributed by atoms with Crippen LogP contribution < -0.4 is 21.7 Å². The highest BCUT2D eigenvalue weighted by Crippen LogP contribution is 2.03. The Morgan fingerprint density at radius 1 is 0.636 bits per heavy atom. The Bertz CT molecular complexity index is 770. The van der Waals surface area contributed by atoms with Crippen molar-refractivity contribution in [2.75, 3.05) is 0 Å². The molecule has 0 aliphatic carbocycles. The monoisotopic (exact) mass is 476 g/mol. The van der Waals surface area contributed by atoms with Crippen molar-refractivity contribution in [3.05, 3.63) is 0 Å². The number of carbonyl (C=O) groups excluding carboxylic acids is 3. The second kappa shape index (κ2) is 14.3. The molecular formula is C18H28N4O11. The standard InChI is InChI=1S/C18H28N4O11/c1-8(15(29)22-11(18(32)33)4-7-14(27)28)20-17(31)10(3-6-13(25)26)21-16(30)9(19)2-5-12(23)24/h8-11H,2-7,19H2,1H3,(H,20,31)(H,21,30)(H,22,29)(H,23,24)(H,25,26)(H,27,28)(H,32,33)/t8-,9+,10+,11+/m0/s1. The van der Waals surface area contributed by atoms with E-state index in [0.29, 0.717) is 0 Å². The molecule has 4 atom stereocenters. The number of amides is 3. The summed E-state index contributed by atoms with van der Waals surface area (Å²) in [5.74, 6) is -8.04. The first-order valence-corrected chi connectivity index (χ1v) is 9.79. The third-order valence-electron chi connectivity index (χ3n) is 4.30. The molecule has 0 aliphatic heterocycles. The SMILES string of the molecule is C[C@H](NC(=O)[C@@H](CCC(=O)O)NC(=O)[C@H](N)CCC(=O)O)C(=O)N[C@H](CCC(=O)O)C(=O)O. The van der Waals surface area contributed by atoms with Gasteiger partial charge in [0.2, 0.25) is 17.7 Å². The summed E-state index contributed by atoms with van der Waals surface area (Å²) in [4.78, 5) is 80.1. The third-order valence-corrected chi connectivity index (χ3v) is 4.30. The second-order valence-electron chi connectivity index (χ2n) is 7.09. The molecule has 0 fully saturated rings. The van der Waals surface area contributed by atoms with Crippen molar-refractivity contribution in [3.8, 4) is 0 Å². The van der Waals surface area contributed by atoms with E-state index in [1.165, 1.54) is 6.92 Å². The molecule has 0 saturated carbocycles. The smallest absolute Gasteiger partial charge is 0.326 e. The number of rotatable bonds is 16. The Hall–Kier alpha value is -3.75. The van der Waals surface area contributed by atoms with E-state index in [2.05, 4.69) is 16.0 Å². The van der Waals surface area contributed by atoms with Crippen LogP contribution in [0.1, 0.15) is 45.4 Å². The molecule has 0 spiro atoms. The fraction of sp³-hybridized carbons (Fsp3) is 0.611. The van der Waals surface area contributed by atoms with Crippen LogP contribution >= 0.6 is 0 Å². The van der Waals surface area contributed by atoms with Gasteiger partial charge >= 0.3 is 23.9 Å². The van der Waals surface area contributed by atoms with E-state index in [9.17, 15) is 33.6 Å². The van der Waals surface area contributed by atoms with Gasteiger partial charge in [-0.1, -0.05) is 0 Å². The van der Waals surface area contributed by atoms with E-state index in [-0.39, 0.29) is 12.8 Å². The maximum absolute atomic E-state index is 12.5. The number of hydrogen-bond acceptors (Lipinski definition) is 8. The zero-order chi connectivity index (χ0) is 25.7. The molecule has 0 rings (SSSR count). The molecule has 33 heavy (non-hydrogen) atoms. The van der Waals surface area contributed by atoms with Crippen LogP contribution in [0.15, 0.2) is 0 Å². The minimum atomic E-state index is -1.53. The van der Waals surface area contributed by atoms with Gasteiger partial charge in [-0.25, -0.2) is 4.79 Å². The van der Waals surface area contributed by atoms with E-state index in [0.717, 1.165) is 0 Å². The molecule has 0 aliphatic rings. The van der Waals surface area contributed by atoms with Crippen LogP contribution in [0.25, 0.3) is 0 Å². The molecule has 186 valence electrons. The minimum absolute atomic E-state index is 0.236. The highest BCUT2D eigenvalue weighted by Gasteiger charge is 2.29. The highest BCUT2D eigenvalue weighted by atomic mass is 16.4. The Balaban J connectivity index is 5.13. The number of hydrogen-bond donors (Lipinski definition) is 8. The fourth-order valence-corrected chi connectivity index (χ4v) is 2.43. The molecule has 3 amide bonds. The van der Waals surface area contributed by atoms with Gasteiger partial charge in [0, 0.05) is 19.3 Å². The summed E-state index contributed by atoms with van der Waals surface area (Å²) >= 11 is 0. The summed E-state index contributed by atoms with van der Waals surface area (Å²) in [6.45, 7) is 1.19. The first kappa shape index (κ1) is 29.2. The molecule has 0 radical (unpaired) electrons. The lowest BCUT2D eigenvalue weighted by atomic mass is 10.1. The lowest BCUT2D eigenvalue weighted by Crippen LogP contribution is -2.56. The predicted octanol–water partition coefficient (Wildman–Crippen LogP) is -2.53. The molecule has 15 nitrogen and oxygen atoms in total. The summed E-state index contributed by atoms with van der Waals surface area (Å²) in [7, 11) is 0. The topological polar surface area (TPSA) is 263 Å².